The highest BCUT2D eigenvalue weighted by Crippen LogP contribution is 2.39. The van der Waals surface area contributed by atoms with Gasteiger partial charge < -0.3 is 10.5 Å². The molecule has 2 N–H and O–H groups in total. The van der Waals surface area contributed by atoms with E-state index in [9.17, 15) is 26.3 Å². The van der Waals surface area contributed by atoms with Crippen molar-refractivity contribution >= 4 is 0 Å². The molecule has 0 aliphatic heterocycles. The van der Waals surface area contributed by atoms with Gasteiger partial charge in [-0.15, -0.1) is 0 Å². The highest BCUT2D eigenvalue weighted by Gasteiger charge is 2.40. The van der Waals surface area contributed by atoms with Crippen LogP contribution in [0.5, 0.6) is 5.75 Å². The Bertz CT molecular complexity index is 425. The van der Waals surface area contributed by atoms with Gasteiger partial charge in [-0.25, -0.2) is 0 Å². The number of methoxy groups -OCH3 is 1. The normalized spacial score (nSPS) is 14.4. The van der Waals surface area contributed by atoms with Gasteiger partial charge in [0.2, 0.25) is 0 Å². The van der Waals surface area contributed by atoms with Gasteiger partial charge in [0.15, 0.2) is 0 Å². The number of ether oxygens (including phenoxy) is 1. The van der Waals surface area contributed by atoms with Gasteiger partial charge in [0.1, 0.15) is 11.8 Å². The summed E-state index contributed by atoms with van der Waals surface area (Å²) in [6.45, 7) is 0. The minimum Gasteiger partial charge on any atom is -0.496 e. The fourth-order valence-corrected chi connectivity index (χ4v) is 1.33. The van der Waals surface area contributed by atoms with E-state index >= 15 is 0 Å². The smallest absolute Gasteiger partial charge is 0.419 e. The molecule has 0 unspecified atom stereocenters. The number of alkyl halides is 6. The fourth-order valence-electron chi connectivity index (χ4n) is 1.33. The van der Waals surface area contributed by atoms with E-state index in [0.717, 1.165) is 19.2 Å². The van der Waals surface area contributed by atoms with Gasteiger partial charge >= 0.3 is 12.4 Å². The summed E-state index contributed by atoms with van der Waals surface area (Å²) < 4.78 is 79.1. The van der Waals surface area contributed by atoms with Crippen LogP contribution in [0.4, 0.5) is 26.3 Å². The standard InChI is InChI=1S/C10H9F6NO/c1-18-7-3-2-5(8(17)10(14,15)16)4-6(7)9(11,12)13/h2-4,8H,17H2,1H3/t8-/m0/s1. The zero-order valence-electron chi connectivity index (χ0n) is 9.06. The monoisotopic (exact) mass is 273 g/mol. The van der Waals surface area contributed by atoms with E-state index in [0.29, 0.717) is 6.07 Å². The molecule has 18 heavy (non-hydrogen) atoms. The maximum atomic E-state index is 12.6. The van der Waals surface area contributed by atoms with Gasteiger partial charge in [0, 0.05) is 0 Å². The summed E-state index contributed by atoms with van der Waals surface area (Å²) in [5.74, 6) is -0.555. The lowest BCUT2D eigenvalue weighted by molar-refractivity contribution is -0.150. The Morgan fingerprint density at radius 1 is 1.11 bits per heavy atom. The molecular weight excluding hydrogens is 264 g/mol. The predicted molar refractivity (Wildman–Crippen MR) is 51.0 cm³/mol. The number of hydrogen-bond donors (Lipinski definition) is 1. The molecule has 0 amide bonds. The van der Waals surface area contributed by atoms with Crippen molar-refractivity contribution in [2.24, 2.45) is 5.73 Å². The van der Waals surface area contributed by atoms with Crippen LogP contribution >= 0.6 is 0 Å². The van der Waals surface area contributed by atoms with Gasteiger partial charge in [-0.05, 0) is 17.7 Å². The molecule has 8 heteroatoms. The summed E-state index contributed by atoms with van der Waals surface area (Å²) in [6, 6.07) is -0.461. The van der Waals surface area contributed by atoms with Crippen molar-refractivity contribution < 1.29 is 31.1 Å². The second-order valence-corrected chi connectivity index (χ2v) is 3.48. The van der Waals surface area contributed by atoms with Crippen molar-refractivity contribution in [2.75, 3.05) is 7.11 Å². The lowest BCUT2D eigenvalue weighted by Crippen LogP contribution is -2.28. The Morgan fingerprint density at radius 3 is 2.06 bits per heavy atom. The van der Waals surface area contributed by atoms with E-state index < -0.39 is 35.3 Å². The summed E-state index contributed by atoms with van der Waals surface area (Å²) in [5, 5.41) is 0. The molecule has 0 spiro atoms. The molecule has 0 aliphatic rings. The first-order valence-electron chi connectivity index (χ1n) is 4.64. The van der Waals surface area contributed by atoms with E-state index in [2.05, 4.69) is 4.74 Å². The molecule has 1 aromatic carbocycles. The molecule has 1 rings (SSSR count). The topological polar surface area (TPSA) is 35.2 Å². The van der Waals surface area contributed by atoms with E-state index in [1.165, 1.54) is 0 Å². The molecule has 1 atom stereocenters. The Labute approximate surface area is 98.3 Å². The summed E-state index contributed by atoms with van der Waals surface area (Å²) in [7, 11) is 0.994. The summed E-state index contributed by atoms with van der Waals surface area (Å²) >= 11 is 0. The second-order valence-electron chi connectivity index (χ2n) is 3.48. The van der Waals surface area contributed by atoms with Crippen molar-refractivity contribution in [2.45, 2.75) is 18.4 Å². The Balaban J connectivity index is 3.28. The van der Waals surface area contributed by atoms with Gasteiger partial charge in [-0.1, -0.05) is 6.07 Å². The molecule has 0 saturated carbocycles. The number of nitrogens with two attached hydrogens (primary N) is 1. The van der Waals surface area contributed by atoms with Gasteiger partial charge in [0.25, 0.3) is 0 Å². The summed E-state index contributed by atoms with van der Waals surface area (Å²) in [6.07, 6.45) is -9.62. The second kappa shape index (κ2) is 4.68. The maximum absolute atomic E-state index is 12.6. The molecule has 2 nitrogen and oxygen atoms in total. The zero-order valence-corrected chi connectivity index (χ0v) is 9.06. The van der Waals surface area contributed by atoms with Crippen LogP contribution < -0.4 is 10.5 Å². The average Bonchev–Trinajstić information content (AvgIpc) is 2.24. The first-order chi connectivity index (χ1) is 8.07. The van der Waals surface area contributed by atoms with Crippen molar-refractivity contribution in [1.82, 2.24) is 0 Å². The van der Waals surface area contributed by atoms with Crippen LogP contribution in [0.15, 0.2) is 18.2 Å². The molecular formula is C10H9F6NO. The van der Waals surface area contributed by atoms with E-state index in [4.69, 9.17) is 5.73 Å². The van der Waals surface area contributed by atoms with Gasteiger partial charge in [-0.3, -0.25) is 0 Å². The quantitative estimate of drug-likeness (QED) is 0.839. The SMILES string of the molecule is COc1ccc([C@H](N)C(F)(F)F)cc1C(F)(F)F. The third-order valence-corrected chi connectivity index (χ3v) is 2.24. The van der Waals surface area contributed by atoms with E-state index in [1.54, 1.807) is 0 Å². The molecule has 0 fully saturated rings. The van der Waals surface area contributed by atoms with Crippen LogP contribution in [-0.4, -0.2) is 13.3 Å². The predicted octanol–water partition coefficient (Wildman–Crippen LogP) is 3.28. The third-order valence-electron chi connectivity index (χ3n) is 2.24. The number of rotatable bonds is 2. The van der Waals surface area contributed by atoms with Crippen LogP contribution in [0, 0.1) is 0 Å². The minimum atomic E-state index is -4.81. The van der Waals surface area contributed by atoms with E-state index in [-0.39, 0.29) is 0 Å². The Hall–Kier alpha value is -1.44. The minimum absolute atomic E-state index is 0.344. The van der Waals surface area contributed by atoms with Crippen LogP contribution in [0.3, 0.4) is 0 Å². The fraction of sp³-hybridized carbons (Fsp3) is 0.400. The summed E-state index contributed by atoms with van der Waals surface area (Å²) in [4.78, 5) is 0. The molecule has 0 radical (unpaired) electrons. The molecule has 0 aromatic heterocycles. The summed E-state index contributed by atoms with van der Waals surface area (Å²) in [5.41, 5.74) is 2.88. The van der Waals surface area contributed by atoms with Crippen LogP contribution in [0.2, 0.25) is 0 Å². The van der Waals surface area contributed by atoms with Crippen LogP contribution in [0.25, 0.3) is 0 Å². The molecule has 0 saturated heterocycles. The third kappa shape index (κ3) is 3.06. The zero-order chi connectivity index (χ0) is 14.1. The molecule has 102 valence electrons. The molecule has 0 bridgehead atoms. The van der Waals surface area contributed by atoms with Crippen LogP contribution in [0.1, 0.15) is 17.2 Å². The first kappa shape index (κ1) is 14.6. The molecule has 1 aromatic rings. The Morgan fingerprint density at radius 2 is 1.67 bits per heavy atom. The maximum Gasteiger partial charge on any atom is 0.419 e. The van der Waals surface area contributed by atoms with Crippen molar-refractivity contribution in [3.63, 3.8) is 0 Å². The molecule has 0 heterocycles. The number of benzene rings is 1. The average molecular weight is 273 g/mol. The number of halogens is 6. The largest absolute Gasteiger partial charge is 0.496 e. The lowest BCUT2D eigenvalue weighted by atomic mass is 10.0. The van der Waals surface area contributed by atoms with Gasteiger partial charge in [-0.2, -0.15) is 26.3 Å². The van der Waals surface area contributed by atoms with Crippen molar-refractivity contribution in [1.29, 1.82) is 0 Å². The molecule has 0 aliphatic carbocycles. The lowest BCUT2D eigenvalue weighted by Gasteiger charge is -2.18. The highest BCUT2D eigenvalue weighted by atomic mass is 19.4. The first-order valence-corrected chi connectivity index (χ1v) is 4.64. The van der Waals surface area contributed by atoms with E-state index in [1.807, 2.05) is 0 Å². The van der Waals surface area contributed by atoms with Crippen molar-refractivity contribution in [3.05, 3.63) is 29.3 Å². The van der Waals surface area contributed by atoms with Crippen LogP contribution in [-0.2, 0) is 6.18 Å². The Kier molecular flexibility index (Phi) is 3.80. The van der Waals surface area contributed by atoms with Crippen molar-refractivity contribution in [3.8, 4) is 5.75 Å². The highest BCUT2D eigenvalue weighted by molar-refractivity contribution is 5.40. The van der Waals surface area contributed by atoms with Gasteiger partial charge in [0.05, 0.1) is 12.7 Å². The number of hydrogen-bond acceptors (Lipinski definition) is 2.